The largest absolute Gasteiger partial charge is 0.377 e. The molecule has 2 saturated heterocycles. The number of hydrogen-bond acceptors (Lipinski definition) is 3. The van der Waals surface area contributed by atoms with Gasteiger partial charge in [0.25, 0.3) is 0 Å². The second-order valence-corrected chi connectivity index (χ2v) is 7.38. The Balaban J connectivity index is 1.68. The van der Waals surface area contributed by atoms with Crippen LogP contribution in [0.5, 0.6) is 0 Å². The highest BCUT2D eigenvalue weighted by molar-refractivity contribution is 4.98. The Morgan fingerprint density at radius 1 is 1.15 bits per heavy atom. The molecular formula is C17H32N2O. The zero-order valence-electron chi connectivity index (χ0n) is 13.4. The third-order valence-corrected chi connectivity index (χ3v) is 6.22. The first-order chi connectivity index (χ1) is 9.70. The standard InChI is InChI=1S/C17H32N2O/c1-14-17(2,9-12-20-14)19-11-6-10-18-16(13-19)15-7-4-3-5-8-15/h14-16,18H,3-13H2,1-2H3. The van der Waals surface area contributed by atoms with Crippen LogP contribution >= 0.6 is 0 Å². The van der Waals surface area contributed by atoms with E-state index in [1.165, 1.54) is 64.6 Å². The monoisotopic (exact) mass is 280 g/mol. The molecule has 1 N–H and O–H groups in total. The lowest BCUT2D eigenvalue weighted by Crippen LogP contribution is -2.55. The summed E-state index contributed by atoms with van der Waals surface area (Å²) in [7, 11) is 0. The van der Waals surface area contributed by atoms with Crippen molar-refractivity contribution in [2.75, 3.05) is 26.2 Å². The van der Waals surface area contributed by atoms with Crippen molar-refractivity contribution in [2.45, 2.75) is 76.5 Å². The molecule has 0 aromatic heterocycles. The van der Waals surface area contributed by atoms with Gasteiger partial charge < -0.3 is 10.1 Å². The lowest BCUT2D eigenvalue weighted by molar-refractivity contribution is 0.0153. The van der Waals surface area contributed by atoms with Crippen LogP contribution in [0.15, 0.2) is 0 Å². The molecule has 0 radical (unpaired) electrons. The first-order valence-corrected chi connectivity index (χ1v) is 8.80. The number of ether oxygens (including phenoxy) is 1. The van der Waals surface area contributed by atoms with Gasteiger partial charge in [0.05, 0.1) is 6.10 Å². The van der Waals surface area contributed by atoms with Crippen LogP contribution in [0.4, 0.5) is 0 Å². The zero-order valence-corrected chi connectivity index (χ0v) is 13.4. The summed E-state index contributed by atoms with van der Waals surface area (Å²) in [6.45, 7) is 9.29. The Kier molecular flexibility index (Phi) is 4.68. The van der Waals surface area contributed by atoms with E-state index in [4.69, 9.17) is 4.74 Å². The van der Waals surface area contributed by atoms with Gasteiger partial charge >= 0.3 is 0 Å². The van der Waals surface area contributed by atoms with Crippen molar-refractivity contribution in [3.63, 3.8) is 0 Å². The maximum absolute atomic E-state index is 5.88. The van der Waals surface area contributed by atoms with Crippen LogP contribution in [0.1, 0.15) is 58.8 Å². The van der Waals surface area contributed by atoms with Gasteiger partial charge in [-0.3, -0.25) is 4.90 Å². The molecule has 2 heterocycles. The van der Waals surface area contributed by atoms with Crippen molar-refractivity contribution in [1.82, 2.24) is 10.2 Å². The molecule has 0 aromatic carbocycles. The minimum absolute atomic E-state index is 0.263. The molecule has 0 spiro atoms. The average Bonchev–Trinajstić information content (AvgIpc) is 2.70. The predicted octanol–water partition coefficient (Wildman–Crippen LogP) is 2.80. The van der Waals surface area contributed by atoms with Gasteiger partial charge in [-0.15, -0.1) is 0 Å². The maximum atomic E-state index is 5.88. The minimum Gasteiger partial charge on any atom is -0.377 e. The number of nitrogens with one attached hydrogen (secondary N) is 1. The third-order valence-electron chi connectivity index (χ3n) is 6.22. The molecule has 1 aliphatic carbocycles. The zero-order chi connectivity index (χ0) is 14.0. The fourth-order valence-electron chi connectivity index (χ4n) is 4.51. The summed E-state index contributed by atoms with van der Waals surface area (Å²) in [5, 5.41) is 3.85. The van der Waals surface area contributed by atoms with Crippen molar-refractivity contribution in [3.05, 3.63) is 0 Å². The van der Waals surface area contributed by atoms with E-state index in [9.17, 15) is 0 Å². The predicted molar refractivity (Wildman–Crippen MR) is 83.0 cm³/mol. The van der Waals surface area contributed by atoms with Crippen molar-refractivity contribution in [1.29, 1.82) is 0 Å². The van der Waals surface area contributed by atoms with Crippen LogP contribution in [-0.4, -0.2) is 48.8 Å². The second kappa shape index (κ2) is 6.33. The van der Waals surface area contributed by atoms with Crippen molar-refractivity contribution in [2.24, 2.45) is 5.92 Å². The molecule has 0 amide bonds. The Labute approximate surface area is 124 Å². The fraction of sp³-hybridized carbons (Fsp3) is 1.00. The summed E-state index contributed by atoms with van der Waals surface area (Å²) >= 11 is 0. The van der Waals surface area contributed by atoms with Crippen LogP contribution in [0.2, 0.25) is 0 Å². The highest BCUT2D eigenvalue weighted by Crippen LogP contribution is 2.34. The molecule has 3 unspecified atom stereocenters. The molecule has 3 rings (SSSR count). The van der Waals surface area contributed by atoms with Crippen LogP contribution in [-0.2, 0) is 4.74 Å². The molecule has 0 bridgehead atoms. The lowest BCUT2D eigenvalue weighted by Gasteiger charge is -2.42. The molecule has 2 aliphatic heterocycles. The maximum Gasteiger partial charge on any atom is 0.0728 e. The van der Waals surface area contributed by atoms with Crippen molar-refractivity contribution >= 4 is 0 Å². The van der Waals surface area contributed by atoms with Crippen LogP contribution in [0.25, 0.3) is 0 Å². The van der Waals surface area contributed by atoms with E-state index in [0.717, 1.165) is 12.5 Å². The van der Waals surface area contributed by atoms with Gasteiger partial charge in [-0.05, 0) is 52.0 Å². The SMILES string of the molecule is CC1OCCC1(C)N1CCCNC(C2CCCCC2)C1. The van der Waals surface area contributed by atoms with E-state index in [2.05, 4.69) is 24.1 Å². The molecular weight excluding hydrogens is 248 g/mol. The van der Waals surface area contributed by atoms with E-state index < -0.39 is 0 Å². The smallest absolute Gasteiger partial charge is 0.0728 e. The molecule has 3 fully saturated rings. The number of nitrogens with zero attached hydrogens (tertiary/aromatic N) is 1. The summed E-state index contributed by atoms with van der Waals surface area (Å²) < 4.78 is 5.88. The van der Waals surface area contributed by atoms with Gasteiger partial charge in [-0.2, -0.15) is 0 Å². The van der Waals surface area contributed by atoms with Gasteiger partial charge in [0, 0.05) is 31.3 Å². The molecule has 0 aromatic rings. The van der Waals surface area contributed by atoms with Crippen molar-refractivity contribution in [3.8, 4) is 0 Å². The van der Waals surface area contributed by atoms with E-state index in [1.54, 1.807) is 0 Å². The first kappa shape index (κ1) is 14.8. The summed E-state index contributed by atoms with van der Waals surface area (Å²) in [5.74, 6) is 0.908. The minimum atomic E-state index is 0.263. The number of hydrogen-bond donors (Lipinski definition) is 1. The van der Waals surface area contributed by atoms with Crippen LogP contribution in [0.3, 0.4) is 0 Å². The topological polar surface area (TPSA) is 24.5 Å². The normalized spacial score (nSPS) is 41.7. The molecule has 3 nitrogen and oxygen atoms in total. The Morgan fingerprint density at radius 3 is 2.65 bits per heavy atom. The van der Waals surface area contributed by atoms with E-state index >= 15 is 0 Å². The Morgan fingerprint density at radius 2 is 1.95 bits per heavy atom. The van der Waals surface area contributed by atoms with Gasteiger partial charge in [-0.25, -0.2) is 0 Å². The quantitative estimate of drug-likeness (QED) is 0.842. The molecule has 3 atom stereocenters. The first-order valence-electron chi connectivity index (χ1n) is 8.80. The second-order valence-electron chi connectivity index (χ2n) is 7.38. The molecule has 1 saturated carbocycles. The average molecular weight is 280 g/mol. The summed E-state index contributed by atoms with van der Waals surface area (Å²) in [4.78, 5) is 2.75. The van der Waals surface area contributed by atoms with Crippen molar-refractivity contribution < 1.29 is 4.74 Å². The summed E-state index contributed by atoms with van der Waals surface area (Å²) in [5.41, 5.74) is 0.263. The lowest BCUT2D eigenvalue weighted by atomic mass is 9.83. The Hall–Kier alpha value is -0.120. The van der Waals surface area contributed by atoms with E-state index in [0.29, 0.717) is 12.1 Å². The summed E-state index contributed by atoms with van der Waals surface area (Å²) in [6.07, 6.45) is 10.1. The number of rotatable bonds is 2. The van der Waals surface area contributed by atoms with E-state index in [-0.39, 0.29) is 5.54 Å². The third kappa shape index (κ3) is 2.90. The van der Waals surface area contributed by atoms with Gasteiger partial charge in [0.1, 0.15) is 0 Å². The molecule has 3 aliphatic rings. The molecule has 3 heteroatoms. The summed E-state index contributed by atoms with van der Waals surface area (Å²) in [6, 6.07) is 0.711. The van der Waals surface area contributed by atoms with Crippen LogP contribution < -0.4 is 5.32 Å². The van der Waals surface area contributed by atoms with Crippen LogP contribution in [0, 0.1) is 5.92 Å². The highest BCUT2D eigenvalue weighted by atomic mass is 16.5. The highest BCUT2D eigenvalue weighted by Gasteiger charge is 2.43. The Bertz CT molecular complexity index is 316. The molecule has 20 heavy (non-hydrogen) atoms. The fourth-order valence-corrected chi connectivity index (χ4v) is 4.51. The molecule has 116 valence electrons. The van der Waals surface area contributed by atoms with Gasteiger partial charge in [-0.1, -0.05) is 19.3 Å². The van der Waals surface area contributed by atoms with Gasteiger partial charge in [0.15, 0.2) is 0 Å². The van der Waals surface area contributed by atoms with Gasteiger partial charge in [0.2, 0.25) is 0 Å². The van der Waals surface area contributed by atoms with E-state index in [1.807, 2.05) is 0 Å².